The lowest BCUT2D eigenvalue weighted by Crippen LogP contribution is -2.38. The van der Waals surface area contributed by atoms with Gasteiger partial charge < -0.3 is 4.74 Å². The summed E-state index contributed by atoms with van der Waals surface area (Å²) < 4.78 is 34.2. The van der Waals surface area contributed by atoms with Gasteiger partial charge in [0.2, 0.25) is 15.9 Å². The molecule has 1 aliphatic rings. The number of halogens is 1. The van der Waals surface area contributed by atoms with E-state index in [-0.39, 0.29) is 4.90 Å². The van der Waals surface area contributed by atoms with Crippen LogP contribution in [-0.4, -0.2) is 30.8 Å². The van der Waals surface area contributed by atoms with Gasteiger partial charge in [-0.25, -0.2) is 13.4 Å². The van der Waals surface area contributed by atoms with Gasteiger partial charge in [0.25, 0.3) is 0 Å². The van der Waals surface area contributed by atoms with E-state index in [2.05, 4.69) is 33.0 Å². The van der Waals surface area contributed by atoms with E-state index >= 15 is 0 Å². The molecule has 1 fully saturated rings. The van der Waals surface area contributed by atoms with Gasteiger partial charge in [0.05, 0.1) is 6.20 Å². The van der Waals surface area contributed by atoms with Crippen LogP contribution in [0.5, 0.6) is 11.6 Å². The van der Waals surface area contributed by atoms with E-state index in [0.717, 1.165) is 23.7 Å². The summed E-state index contributed by atoms with van der Waals surface area (Å²) in [6.07, 6.45) is 4.11. The molecule has 2 heterocycles. The summed E-state index contributed by atoms with van der Waals surface area (Å²) in [5, 5.41) is 0. The number of hydrogen-bond acceptors (Lipinski definition) is 4. The van der Waals surface area contributed by atoms with Crippen molar-refractivity contribution < 1.29 is 13.2 Å². The van der Waals surface area contributed by atoms with Crippen LogP contribution in [0.1, 0.15) is 18.4 Å². The largest absolute Gasteiger partial charge is 0.439 e. The Morgan fingerprint density at radius 3 is 2.30 bits per heavy atom. The van der Waals surface area contributed by atoms with Crippen molar-refractivity contribution in [3.8, 4) is 11.6 Å². The normalized spacial score (nSPS) is 15.8. The molecule has 7 heteroatoms. The molecule has 0 spiro atoms. The summed E-state index contributed by atoms with van der Waals surface area (Å²) in [5.41, 5.74) is 1.31. The molecule has 0 unspecified atom stereocenters. The standard InChI is InChI=1S/C23H23BrN2O3S/c24-20-6-8-21(9-7-20)29-23-11-10-22(17-25-23)30(27,28)26-14-12-19(13-15-26)16-18-4-2-1-3-5-18/h1-11,17,19H,12-16H2. The molecule has 0 aliphatic carbocycles. The van der Waals surface area contributed by atoms with Crippen molar-refractivity contribution in [2.45, 2.75) is 24.2 Å². The highest BCUT2D eigenvalue weighted by molar-refractivity contribution is 9.10. The Morgan fingerprint density at radius 2 is 1.67 bits per heavy atom. The number of hydrogen-bond donors (Lipinski definition) is 0. The molecule has 0 atom stereocenters. The zero-order valence-corrected chi connectivity index (χ0v) is 18.8. The van der Waals surface area contributed by atoms with E-state index < -0.39 is 10.0 Å². The van der Waals surface area contributed by atoms with Gasteiger partial charge in [0.15, 0.2) is 0 Å². The predicted molar refractivity (Wildman–Crippen MR) is 120 cm³/mol. The van der Waals surface area contributed by atoms with Crippen LogP contribution in [0.25, 0.3) is 0 Å². The van der Waals surface area contributed by atoms with E-state index in [4.69, 9.17) is 4.74 Å². The smallest absolute Gasteiger partial charge is 0.244 e. The van der Waals surface area contributed by atoms with Gasteiger partial charge >= 0.3 is 0 Å². The number of piperidine rings is 1. The minimum Gasteiger partial charge on any atom is -0.439 e. The Morgan fingerprint density at radius 1 is 0.967 bits per heavy atom. The third-order valence-electron chi connectivity index (χ3n) is 5.32. The lowest BCUT2D eigenvalue weighted by Gasteiger charge is -2.31. The average Bonchev–Trinajstić information content (AvgIpc) is 2.77. The number of rotatable bonds is 6. The van der Waals surface area contributed by atoms with Crippen LogP contribution < -0.4 is 4.74 Å². The van der Waals surface area contributed by atoms with Gasteiger partial charge in [-0.2, -0.15) is 4.31 Å². The van der Waals surface area contributed by atoms with Gasteiger partial charge in [-0.1, -0.05) is 46.3 Å². The number of aromatic nitrogens is 1. The molecule has 0 saturated carbocycles. The number of pyridine rings is 1. The van der Waals surface area contributed by atoms with Crippen molar-refractivity contribution in [1.29, 1.82) is 0 Å². The van der Waals surface area contributed by atoms with Gasteiger partial charge in [0, 0.05) is 23.6 Å². The molecule has 2 aromatic carbocycles. The summed E-state index contributed by atoms with van der Waals surface area (Å²) >= 11 is 3.38. The van der Waals surface area contributed by atoms with E-state index in [1.165, 1.54) is 11.8 Å². The maximum atomic E-state index is 13.0. The SMILES string of the molecule is O=S(=O)(c1ccc(Oc2ccc(Br)cc2)nc1)N1CCC(Cc2ccccc2)CC1. The monoisotopic (exact) mass is 486 g/mol. The molecule has 0 bridgehead atoms. The second-order valence-corrected chi connectivity index (χ2v) is 10.3. The first-order valence-electron chi connectivity index (χ1n) is 9.94. The minimum absolute atomic E-state index is 0.201. The van der Waals surface area contributed by atoms with Crippen molar-refractivity contribution in [3.05, 3.63) is 83.0 Å². The zero-order valence-electron chi connectivity index (χ0n) is 16.4. The van der Waals surface area contributed by atoms with Crippen LogP contribution in [0.2, 0.25) is 0 Å². The molecular formula is C23H23BrN2O3S. The molecule has 3 aromatic rings. The van der Waals surface area contributed by atoms with E-state index in [1.807, 2.05) is 42.5 Å². The first kappa shape index (κ1) is 21.0. The van der Waals surface area contributed by atoms with Crippen molar-refractivity contribution in [2.24, 2.45) is 5.92 Å². The summed E-state index contributed by atoms with van der Waals surface area (Å²) in [7, 11) is -3.54. The third-order valence-corrected chi connectivity index (χ3v) is 7.73. The molecule has 30 heavy (non-hydrogen) atoms. The predicted octanol–water partition coefficient (Wildman–Crippen LogP) is 5.28. The third kappa shape index (κ3) is 5.09. The molecular weight excluding hydrogens is 464 g/mol. The van der Waals surface area contributed by atoms with E-state index in [1.54, 1.807) is 16.4 Å². The summed E-state index contributed by atoms with van der Waals surface area (Å²) in [6, 6.07) is 20.9. The Balaban J connectivity index is 1.37. The quantitative estimate of drug-likeness (QED) is 0.475. The average molecular weight is 487 g/mol. The van der Waals surface area contributed by atoms with Crippen LogP contribution in [0.3, 0.4) is 0 Å². The molecule has 0 N–H and O–H groups in total. The van der Waals surface area contributed by atoms with Crippen LogP contribution in [0.4, 0.5) is 0 Å². The number of nitrogens with zero attached hydrogens (tertiary/aromatic N) is 2. The highest BCUT2D eigenvalue weighted by Gasteiger charge is 2.29. The number of ether oxygens (including phenoxy) is 1. The lowest BCUT2D eigenvalue weighted by atomic mass is 9.91. The molecule has 156 valence electrons. The second kappa shape index (κ2) is 9.29. The molecule has 1 aromatic heterocycles. The molecule has 1 aliphatic heterocycles. The van der Waals surface area contributed by atoms with Crippen molar-refractivity contribution >= 4 is 26.0 Å². The fourth-order valence-electron chi connectivity index (χ4n) is 3.65. The fourth-order valence-corrected chi connectivity index (χ4v) is 5.33. The minimum atomic E-state index is -3.54. The van der Waals surface area contributed by atoms with Gasteiger partial charge in [-0.3, -0.25) is 0 Å². The summed E-state index contributed by atoms with van der Waals surface area (Å²) in [5.74, 6) is 1.51. The van der Waals surface area contributed by atoms with Gasteiger partial charge in [-0.15, -0.1) is 0 Å². The van der Waals surface area contributed by atoms with Crippen molar-refractivity contribution in [3.63, 3.8) is 0 Å². The molecule has 0 radical (unpaired) electrons. The molecule has 0 amide bonds. The van der Waals surface area contributed by atoms with Crippen LogP contribution >= 0.6 is 15.9 Å². The van der Waals surface area contributed by atoms with Crippen LogP contribution in [-0.2, 0) is 16.4 Å². The van der Waals surface area contributed by atoms with Crippen molar-refractivity contribution in [1.82, 2.24) is 9.29 Å². The first-order valence-corrected chi connectivity index (χ1v) is 12.2. The Hall–Kier alpha value is -2.22. The Labute approximate surface area is 185 Å². The van der Waals surface area contributed by atoms with Gasteiger partial charge in [-0.05, 0) is 61.1 Å². The van der Waals surface area contributed by atoms with Crippen LogP contribution in [0, 0.1) is 5.92 Å². The number of benzene rings is 2. The van der Waals surface area contributed by atoms with E-state index in [9.17, 15) is 8.42 Å². The van der Waals surface area contributed by atoms with Crippen LogP contribution in [0.15, 0.2) is 82.3 Å². The van der Waals surface area contributed by atoms with Crippen molar-refractivity contribution in [2.75, 3.05) is 13.1 Å². The maximum absolute atomic E-state index is 13.0. The maximum Gasteiger partial charge on any atom is 0.244 e. The van der Waals surface area contributed by atoms with E-state index in [0.29, 0.717) is 30.6 Å². The lowest BCUT2D eigenvalue weighted by molar-refractivity contribution is 0.273. The highest BCUT2D eigenvalue weighted by Crippen LogP contribution is 2.27. The molecule has 4 rings (SSSR count). The number of sulfonamides is 1. The zero-order chi connectivity index (χ0) is 21.0. The highest BCUT2D eigenvalue weighted by atomic mass is 79.9. The topological polar surface area (TPSA) is 59.5 Å². The summed E-state index contributed by atoms with van der Waals surface area (Å²) in [4.78, 5) is 4.39. The molecule has 1 saturated heterocycles. The molecule has 5 nitrogen and oxygen atoms in total. The Bertz CT molecular complexity index is 1060. The summed E-state index contributed by atoms with van der Waals surface area (Å²) in [6.45, 7) is 1.08. The fraction of sp³-hybridized carbons (Fsp3) is 0.261. The Kier molecular flexibility index (Phi) is 6.51. The first-order chi connectivity index (χ1) is 14.5. The second-order valence-electron chi connectivity index (χ2n) is 7.43. The van der Waals surface area contributed by atoms with Gasteiger partial charge in [0.1, 0.15) is 10.6 Å².